The fourth-order valence-electron chi connectivity index (χ4n) is 10.1. The molecule has 1 aliphatic carbocycles. The molecule has 61 heavy (non-hydrogen) atoms. The Hall–Kier alpha value is -7.74. The average molecular weight is 778 g/mol. The smallest absolute Gasteiger partial charge is 0.0468 e. The molecule has 10 aromatic carbocycles. The van der Waals surface area contributed by atoms with Crippen LogP contribution >= 0.6 is 0 Å². The van der Waals surface area contributed by atoms with Gasteiger partial charge in [0.15, 0.2) is 0 Å². The van der Waals surface area contributed by atoms with Crippen molar-refractivity contribution in [2.24, 2.45) is 0 Å². The van der Waals surface area contributed by atoms with E-state index in [1.54, 1.807) is 0 Å². The highest BCUT2D eigenvalue weighted by Gasteiger charge is 2.41. The molecule has 1 unspecified atom stereocenters. The molecule has 0 N–H and O–H groups in total. The second kappa shape index (κ2) is 14.5. The molecule has 11 rings (SSSR count). The first-order chi connectivity index (χ1) is 30.0. The summed E-state index contributed by atoms with van der Waals surface area (Å²) < 4.78 is 0. The Morgan fingerprint density at radius 3 is 1.38 bits per heavy atom. The second-order valence-corrected chi connectivity index (χ2v) is 16.3. The molecule has 0 radical (unpaired) electrons. The molecule has 10 aromatic rings. The minimum Gasteiger partial charge on any atom is -0.310 e. The molecule has 0 bridgehead atoms. The van der Waals surface area contributed by atoms with Gasteiger partial charge in [-0.15, -0.1) is 0 Å². The van der Waals surface area contributed by atoms with Crippen LogP contribution in [0.4, 0.5) is 17.1 Å². The third kappa shape index (κ3) is 5.77. The predicted octanol–water partition coefficient (Wildman–Crippen LogP) is 16.7. The topological polar surface area (TPSA) is 3.24 Å². The van der Waals surface area contributed by atoms with Crippen LogP contribution in [0.5, 0.6) is 0 Å². The van der Waals surface area contributed by atoms with Gasteiger partial charge in [-0.25, -0.2) is 0 Å². The van der Waals surface area contributed by atoms with Gasteiger partial charge in [0.25, 0.3) is 0 Å². The van der Waals surface area contributed by atoms with Crippen LogP contribution < -0.4 is 4.90 Å². The number of rotatable bonds is 8. The van der Waals surface area contributed by atoms with Crippen LogP contribution in [0.2, 0.25) is 0 Å². The summed E-state index contributed by atoms with van der Waals surface area (Å²) >= 11 is 0. The molecule has 1 nitrogen and oxygen atoms in total. The molecule has 0 aromatic heterocycles. The Morgan fingerprint density at radius 1 is 0.410 bits per heavy atom. The summed E-state index contributed by atoms with van der Waals surface area (Å²) in [6.07, 6.45) is 5.95. The van der Waals surface area contributed by atoms with E-state index >= 15 is 0 Å². The Kier molecular flexibility index (Phi) is 8.65. The molecule has 288 valence electrons. The van der Waals surface area contributed by atoms with Crippen LogP contribution in [-0.2, 0) is 5.41 Å². The number of hydrogen-bond donors (Lipinski definition) is 0. The minimum absolute atomic E-state index is 0.361. The van der Waals surface area contributed by atoms with Crippen molar-refractivity contribution < 1.29 is 0 Å². The number of hydrogen-bond acceptors (Lipinski definition) is 1. The molecule has 1 heteroatoms. The molecule has 0 fully saturated rings. The van der Waals surface area contributed by atoms with E-state index in [0.717, 1.165) is 22.6 Å². The zero-order chi connectivity index (χ0) is 41.1. The van der Waals surface area contributed by atoms with Crippen LogP contribution in [0.15, 0.2) is 237 Å². The lowest BCUT2D eigenvalue weighted by Gasteiger charge is -2.30. The summed E-state index contributed by atoms with van der Waals surface area (Å²) in [6, 6.07) is 73.6. The van der Waals surface area contributed by atoms with Crippen molar-refractivity contribution in [1.29, 1.82) is 0 Å². The van der Waals surface area contributed by atoms with Crippen molar-refractivity contribution in [3.63, 3.8) is 0 Å². The number of nitrogens with zero attached hydrogens (tertiary/aromatic N) is 1. The quantitative estimate of drug-likeness (QED) is 0.110. The van der Waals surface area contributed by atoms with Crippen molar-refractivity contribution in [3.8, 4) is 33.4 Å². The highest BCUT2D eigenvalue weighted by atomic mass is 15.1. The standard InChI is InChI=1S/C60H43N/c1-4-16-44(5-2)60(3)58-26-15-14-25-54(58)57-39-47(35-36-59(57)60)61(45-31-27-40(28-32-45)55-37-42-17-6-8-19-48(42)50-21-10-12-23-52(50)55)46-33-29-41(30-34-46)56-38-43-18-7-9-20-49(43)51-22-11-13-24-53(51)56/h4-39H,1-2H2,3H3/b44-16+. The van der Waals surface area contributed by atoms with Crippen molar-refractivity contribution in [2.75, 3.05) is 4.90 Å². The monoisotopic (exact) mass is 777 g/mol. The number of fused-ring (bicyclic) bond motifs is 9. The van der Waals surface area contributed by atoms with E-state index in [1.165, 1.54) is 87.6 Å². The van der Waals surface area contributed by atoms with Gasteiger partial charge < -0.3 is 4.90 Å². The fraction of sp³-hybridized carbons (Fsp3) is 0.0333. The van der Waals surface area contributed by atoms with Crippen molar-refractivity contribution in [1.82, 2.24) is 0 Å². The molecule has 0 spiro atoms. The summed E-state index contributed by atoms with van der Waals surface area (Å²) in [7, 11) is 0. The second-order valence-electron chi connectivity index (χ2n) is 16.3. The van der Waals surface area contributed by atoms with Gasteiger partial charge in [0, 0.05) is 22.5 Å². The van der Waals surface area contributed by atoms with Crippen LogP contribution in [0.1, 0.15) is 18.1 Å². The van der Waals surface area contributed by atoms with E-state index in [1.807, 2.05) is 12.2 Å². The summed E-state index contributed by atoms with van der Waals surface area (Å²) in [5, 5.41) is 10.1. The number of allylic oxidation sites excluding steroid dienone is 4. The lowest BCUT2D eigenvalue weighted by molar-refractivity contribution is 0.713. The fourth-order valence-corrected chi connectivity index (χ4v) is 10.1. The van der Waals surface area contributed by atoms with Crippen molar-refractivity contribution >= 4 is 60.2 Å². The maximum atomic E-state index is 4.24. The highest BCUT2D eigenvalue weighted by molar-refractivity contribution is 6.15. The molecule has 0 saturated carbocycles. The lowest BCUT2D eigenvalue weighted by Crippen LogP contribution is -2.22. The van der Waals surface area contributed by atoms with Crippen LogP contribution in [0.25, 0.3) is 76.5 Å². The zero-order valence-corrected chi connectivity index (χ0v) is 34.1. The Bertz CT molecular complexity index is 3240. The van der Waals surface area contributed by atoms with Gasteiger partial charge in [0.2, 0.25) is 0 Å². The number of benzene rings is 10. The summed E-state index contributed by atoms with van der Waals surface area (Å²) in [6.45, 7) is 10.6. The van der Waals surface area contributed by atoms with Crippen molar-refractivity contribution in [2.45, 2.75) is 12.3 Å². The number of anilines is 3. The molecule has 0 amide bonds. The predicted molar refractivity (Wildman–Crippen MR) is 262 cm³/mol. The Labute approximate surface area is 357 Å². The summed E-state index contributed by atoms with van der Waals surface area (Å²) in [4.78, 5) is 2.40. The zero-order valence-electron chi connectivity index (χ0n) is 34.1. The van der Waals surface area contributed by atoms with Gasteiger partial charge in [-0.3, -0.25) is 0 Å². The van der Waals surface area contributed by atoms with Crippen LogP contribution in [0.3, 0.4) is 0 Å². The maximum absolute atomic E-state index is 4.24. The molecule has 0 saturated heterocycles. The van der Waals surface area contributed by atoms with E-state index in [4.69, 9.17) is 0 Å². The molecule has 1 atom stereocenters. The van der Waals surface area contributed by atoms with Gasteiger partial charge in [0.05, 0.1) is 0 Å². The lowest BCUT2D eigenvalue weighted by atomic mass is 9.73. The van der Waals surface area contributed by atoms with Gasteiger partial charge in [-0.1, -0.05) is 183 Å². The maximum Gasteiger partial charge on any atom is 0.0468 e. The van der Waals surface area contributed by atoms with Gasteiger partial charge in [-0.2, -0.15) is 0 Å². The van der Waals surface area contributed by atoms with Gasteiger partial charge in [0.1, 0.15) is 0 Å². The third-order valence-corrected chi connectivity index (χ3v) is 13.1. The normalized spacial score (nSPS) is 14.6. The van der Waals surface area contributed by atoms with Gasteiger partial charge >= 0.3 is 0 Å². The van der Waals surface area contributed by atoms with Gasteiger partial charge in [-0.05, 0) is 149 Å². The first-order valence-corrected chi connectivity index (χ1v) is 21.1. The molecule has 0 heterocycles. The Balaban J connectivity index is 1.07. The largest absolute Gasteiger partial charge is 0.310 e. The van der Waals surface area contributed by atoms with E-state index in [9.17, 15) is 0 Å². The minimum atomic E-state index is -0.361. The molecular formula is C60H43N. The molecule has 1 aliphatic rings. The third-order valence-electron chi connectivity index (χ3n) is 13.1. The highest BCUT2D eigenvalue weighted by Crippen LogP contribution is 2.54. The van der Waals surface area contributed by atoms with Crippen LogP contribution in [-0.4, -0.2) is 0 Å². The van der Waals surface area contributed by atoms with E-state index in [0.29, 0.717) is 0 Å². The molecular weight excluding hydrogens is 735 g/mol. The first kappa shape index (κ1) is 36.3. The van der Waals surface area contributed by atoms with E-state index < -0.39 is 0 Å². The summed E-state index contributed by atoms with van der Waals surface area (Å²) in [5.41, 5.74) is 13.9. The van der Waals surface area contributed by atoms with E-state index in [2.05, 4.69) is 231 Å². The molecule has 0 aliphatic heterocycles. The van der Waals surface area contributed by atoms with Crippen LogP contribution in [0, 0.1) is 0 Å². The first-order valence-electron chi connectivity index (χ1n) is 21.1. The average Bonchev–Trinajstić information content (AvgIpc) is 3.58. The summed E-state index contributed by atoms with van der Waals surface area (Å²) in [5.74, 6) is 0. The van der Waals surface area contributed by atoms with Crippen molar-refractivity contribution in [3.05, 3.63) is 248 Å². The Morgan fingerprint density at radius 2 is 0.852 bits per heavy atom. The SMILES string of the molecule is C=C/C=C(\C=C)C1(C)c2ccccc2-c2cc(N(c3ccc(-c4cc5ccccc5c5ccccc45)cc3)c3ccc(-c4cc5ccccc5c5ccccc45)cc3)ccc21. The van der Waals surface area contributed by atoms with E-state index in [-0.39, 0.29) is 5.41 Å².